The van der Waals surface area contributed by atoms with E-state index in [1.165, 1.54) is 37.2 Å². The van der Waals surface area contributed by atoms with Crippen LogP contribution in [0.15, 0.2) is 60.7 Å². The van der Waals surface area contributed by atoms with Crippen molar-refractivity contribution in [2.45, 2.75) is 38.6 Å². The summed E-state index contributed by atoms with van der Waals surface area (Å²) in [5.41, 5.74) is 5.01. The normalized spacial score (nSPS) is 15.8. The third kappa shape index (κ3) is 4.48. The fourth-order valence-corrected chi connectivity index (χ4v) is 4.29. The van der Waals surface area contributed by atoms with Gasteiger partial charge in [0.15, 0.2) is 0 Å². The topological polar surface area (TPSA) is 21.1 Å². The molecule has 0 spiro atoms. The molecule has 0 amide bonds. The van der Waals surface area contributed by atoms with Gasteiger partial charge in [0.25, 0.3) is 0 Å². The number of hydrogen-bond acceptors (Lipinski definition) is 2. The molecular weight excluding hydrogens is 366 g/mol. The van der Waals surface area contributed by atoms with Crippen LogP contribution < -0.4 is 0 Å². The average Bonchev–Trinajstić information content (AvgIpc) is 3.18. The molecule has 0 unspecified atom stereocenters. The number of aromatic nitrogens is 2. The first-order chi connectivity index (χ1) is 13.7. The number of nitrogens with zero attached hydrogens (tertiary/aromatic N) is 3. The lowest BCUT2D eigenvalue weighted by molar-refractivity contribution is 0.211. The first kappa shape index (κ1) is 19.2. The van der Waals surface area contributed by atoms with Crippen LogP contribution >= 0.6 is 11.6 Å². The van der Waals surface area contributed by atoms with Gasteiger partial charge < -0.3 is 4.90 Å². The fraction of sp³-hybridized carbons (Fsp3) is 0.375. The zero-order valence-corrected chi connectivity index (χ0v) is 17.3. The Labute approximate surface area is 172 Å². The van der Waals surface area contributed by atoms with Gasteiger partial charge in [0.05, 0.1) is 5.69 Å². The maximum atomic E-state index is 6.03. The number of halogens is 1. The molecule has 28 heavy (non-hydrogen) atoms. The molecule has 0 N–H and O–H groups in total. The zero-order chi connectivity index (χ0) is 19.3. The van der Waals surface area contributed by atoms with Gasteiger partial charge in [0, 0.05) is 35.3 Å². The van der Waals surface area contributed by atoms with Crippen LogP contribution in [0.5, 0.6) is 0 Å². The molecule has 3 aromatic rings. The van der Waals surface area contributed by atoms with E-state index in [2.05, 4.69) is 65.0 Å². The minimum atomic E-state index is 0.599. The van der Waals surface area contributed by atoms with Crippen LogP contribution in [0, 0.1) is 0 Å². The molecule has 3 nitrogen and oxygen atoms in total. The molecule has 146 valence electrons. The summed E-state index contributed by atoms with van der Waals surface area (Å²) in [4.78, 5) is 2.61. The lowest BCUT2D eigenvalue weighted by Crippen LogP contribution is -2.35. The lowest BCUT2D eigenvalue weighted by Gasteiger charge is -2.32. The highest BCUT2D eigenvalue weighted by molar-refractivity contribution is 6.30. The minimum Gasteiger partial charge on any atom is -0.303 e. The predicted octanol–water partition coefficient (Wildman–Crippen LogP) is 5.65. The van der Waals surface area contributed by atoms with Crippen molar-refractivity contribution < 1.29 is 0 Å². The smallest absolute Gasteiger partial charge is 0.0926 e. The molecule has 1 aliphatic rings. The zero-order valence-electron chi connectivity index (χ0n) is 16.5. The van der Waals surface area contributed by atoms with Crippen LogP contribution in [0.1, 0.15) is 36.9 Å². The van der Waals surface area contributed by atoms with Crippen LogP contribution in [-0.4, -0.2) is 34.3 Å². The molecule has 0 atom stereocenters. The van der Waals surface area contributed by atoms with Crippen molar-refractivity contribution >= 4 is 11.6 Å². The highest BCUT2D eigenvalue weighted by Gasteiger charge is 2.24. The van der Waals surface area contributed by atoms with Crippen molar-refractivity contribution in [2.24, 2.45) is 0 Å². The van der Waals surface area contributed by atoms with E-state index in [0.717, 1.165) is 35.8 Å². The first-order valence-corrected chi connectivity index (χ1v) is 10.7. The second-order valence-electron chi connectivity index (χ2n) is 7.63. The third-order valence-electron chi connectivity index (χ3n) is 5.82. The number of benzene rings is 2. The number of aryl methyl sites for hydroxylation is 1. The van der Waals surface area contributed by atoms with Crippen molar-refractivity contribution in [3.63, 3.8) is 0 Å². The van der Waals surface area contributed by atoms with Gasteiger partial charge in [-0.2, -0.15) is 5.10 Å². The predicted molar refractivity (Wildman–Crippen MR) is 117 cm³/mol. The van der Waals surface area contributed by atoms with E-state index in [1.807, 2.05) is 12.1 Å². The highest BCUT2D eigenvalue weighted by atomic mass is 35.5. The van der Waals surface area contributed by atoms with Gasteiger partial charge >= 0.3 is 0 Å². The Kier molecular flexibility index (Phi) is 6.13. The summed E-state index contributed by atoms with van der Waals surface area (Å²) in [5.74, 6) is 0.599. The van der Waals surface area contributed by atoms with Crippen LogP contribution in [0.4, 0.5) is 0 Å². The quantitative estimate of drug-likeness (QED) is 0.539. The Bertz CT molecular complexity index is 878. The van der Waals surface area contributed by atoms with Gasteiger partial charge in [-0.25, -0.2) is 0 Å². The molecule has 1 aromatic heterocycles. The molecule has 0 aliphatic carbocycles. The van der Waals surface area contributed by atoms with E-state index >= 15 is 0 Å². The Morgan fingerprint density at radius 3 is 2.39 bits per heavy atom. The molecule has 0 radical (unpaired) electrons. The van der Waals surface area contributed by atoms with Crippen molar-refractivity contribution in [1.82, 2.24) is 14.7 Å². The standard InChI is InChI=1S/C24H28ClN3/c1-2-28-24(18-23(26-28)20-8-10-22(25)11-9-20)21-13-16-27(17-14-21)15-12-19-6-4-3-5-7-19/h3-11,18,21H,2,12-17H2,1H3. The fourth-order valence-electron chi connectivity index (χ4n) is 4.16. The van der Waals surface area contributed by atoms with Crippen molar-refractivity contribution in [3.05, 3.63) is 76.9 Å². The van der Waals surface area contributed by atoms with Gasteiger partial charge in [-0.05, 0) is 63.0 Å². The largest absolute Gasteiger partial charge is 0.303 e. The van der Waals surface area contributed by atoms with Crippen molar-refractivity contribution in [3.8, 4) is 11.3 Å². The Morgan fingerprint density at radius 2 is 1.71 bits per heavy atom. The average molecular weight is 394 g/mol. The van der Waals surface area contributed by atoms with Crippen LogP contribution in [-0.2, 0) is 13.0 Å². The van der Waals surface area contributed by atoms with Gasteiger partial charge in [0.2, 0.25) is 0 Å². The molecule has 4 rings (SSSR count). The Balaban J connectivity index is 1.39. The number of rotatable bonds is 6. The van der Waals surface area contributed by atoms with E-state index in [-0.39, 0.29) is 0 Å². The number of piperidine rings is 1. The SMILES string of the molecule is CCn1nc(-c2ccc(Cl)cc2)cc1C1CCN(CCc2ccccc2)CC1. The lowest BCUT2D eigenvalue weighted by atomic mass is 9.92. The van der Waals surface area contributed by atoms with Crippen molar-refractivity contribution in [2.75, 3.05) is 19.6 Å². The molecule has 1 saturated heterocycles. The van der Waals surface area contributed by atoms with E-state index in [1.54, 1.807) is 0 Å². The van der Waals surface area contributed by atoms with Gasteiger partial charge in [-0.1, -0.05) is 54.1 Å². The number of likely N-dealkylation sites (tertiary alicyclic amines) is 1. The van der Waals surface area contributed by atoms with Crippen LogP contribution in [0.25, 0.3) is 11.3 Å². The second-order valence-corrected chi connectivity index (χ2v) is 8.07. The Morgan fingerprint density at radius 1 is 1.00 bits per heavy atom. The summed E-state index contributed by atoms with van der Waals surface area (Å²) in [6, 6.07) is 21.1. The van der Waals surface area contributed by atoms with E-state index in [0.29, 0.717) is 5.92 Å². The van der Waals surface area contributed by atoms with Gasteiger partial charge in [-0.15, -0.1) is 0 Å². The van der Waals surface area contributed by atoms with Crippen LogP contribution in [0.2, 0.25) is 5.02 Å². The maximum absolute atomic E-state index is 6.03. The molecular formula is C24H28ClN3. The summed E-state index contributed by atoms with van der Waals surface area (Å²) >= 11 is 6.03. The monoisotopic (exact) mass is 393 g/mol. The molecule has 0 bridgehead atoms. The summed E-state index contributed by atoms with van der Waals surface area (Å²) in [6.45, 7) is 6.58. The Hall–Kier alpha value is -2.10. The van der Waals surface area contributed by atoms with Crippen molar-refractivity contribution in [1.29, 1.82) is 0 Å². The minimum absolute atomic E-state index is 0.599. The second kappa shape index (κ2) is 8.93. The summed E-state index contributed by atoms with van der Waals surface area (Å²) in [7, 11) is 0. The van der Waals surface area contributed by atoms with E-state index in [9.17, 15) is 0 Å². The first-order valence-electron chi connectivity index (χ1n) is 10.3. The number of hydrogen-bond donors (Lipinski definition) is 0. The third-order valence-corrected chi connectivity index (χ3v) is 6.07. The highest BCUT2D eigenvalue weighted by Crippen LogP contribution is 2.31. The molecule has 2 aromatic carbocycles. The molecule has 4 heteroatoms. The summed E-state index contributed by atoms with van der Waals surface area (Å²) in [6.07, 6.45) is 3.56. The maximum Gasteiger partial charge on any atom is 0.0926 e. The van der Waals surface area contributed by atoms with Crippen LogP contribution in [0.3, 0.4) is 0 Å². The van der Waals surface area contributed by atoms with E-state index in [4.69, 9.17) is 16.7 Å². The summed E-state index contributed by atoms with van der Waals surface area (Å²) < 4.78 is 2.19. The molecule has 1 fully saturated rings. The van der Waals surface area contributed by atoms with Gasteiger partial charge in [0.1, 0.15) is 0 Å². The molecule has 1 aliphatic heterocycles. The van der Waals surface area contributed by atoms with E-state index < -0.39 is 0 Å². The molecule has 2 heterocycles. The molecule has 0 saturated carbocycles. The van der Waals surface area contributed by atoms with Gasteiger partial charge in [-0.3, -0.25) is 4.68 Å². The summed E-state index contributed by atoms with van der Waals surface area (Å²) in [5, 5.41) is 5.62.